The van der Waals surface area contributed by atoms with Crippen LogP contribution in [0.4, 0.5) is 0 Å². The van der Waals surface area contributed by atoms with Crippen molar-refractivity contribution < 1.29 is 0 Å². The van der Waals surface area contributed by atoms with Crippen molar-refractivity contribution in [3.05, 3.63) is 51.9 Å². The summed E-state index contributed by atoms with van der Waals surface area (Å²) < 4.78 is 0. The Morgan fingerprint density at radius 3 is 2.93 bits per heavy atom. The van der Waals surface area contributed by atoms with Gasteiger partial charge in [0.15, 0.2) is 0 Å². The monoisotopic (exact) mass is 202 g/mol. The third-order valence-electron chi connectivity index (χ3n) is 2.03. The minimum atomic E-state index is 0.498. The smallest absolute Gasteiger partial charge is 0.0292 e. The molecule has 0 amide bonds. The molecule has 1 aromatic rings. The van der Waals surface area contributed by atoms with E-state index in [0.29, 0.717) is 13.1 Å². The van der Waals surface area contributed by atoms with Gasteiger partial charge >= 0.3 is 0 Å². The van der Waals surface area contributed by atoms with Crippen LogP contribution in [0.15, 0.2) is 35.5 Å². The average molecular weight is 202 g/mol. The maximum atomic E-state index is 8.08. The second kappa shape index (κ2) is 6.65. The van der Waals surface area contributed by atoms with E-state index in [4.69, 9.17) is 11.3 Å². The standard InChI is InChI=1S/C11H14N4/c12-9-11-7-2-1-5-10(11)6-3-4-8-14-15-13/h1-3,5-7H,4,8-9,12H2. The molecule has 0 heterocycles. The lowest BCUT2D eigenvalue weighted by atomic mass is 10.1. The fourth-order valence-corrected chi connectivity index (χ4v) is 1.27. The summed E-state index contributed by atoms with van der Waals surface area (Å²) in [6.07, 6.45) is 4.75. The van der Waals surface area contributed by atoms with Crippen LogP contribution in [-0.2, 0) is 6.54 Å². The van der Waals surface area contributed by atoms with E-state index in [-0.39, 0.29) is 0 Å². The molecule has 0 aliphatic carbocycles. The second-order valence-corrected chi connectivity index (χ2v) is 3.05. The molecule has 0 bridgehead atoms. The largest absolute Gasteiger partial charge is 0.326 e. The minimum Gasteiger partial charge on any atom is -0.326 e. The van der Waals surface area contributed by atoms with E-state index in [2.05, 4.69) is 10.0 Å². The number of hydrogen-bond donors (Lipinski definition) is 1. The van der Waals surface area contributed by atoms with Gasteiger partial charge in [-0.15, -0.1) is 0 Å². The molecule has 0 aliphatic rings. The van der Waals surface area contributed by atoms with Crippen LogP contribution in [0.2, 0.25) is 0 Å². The first kappa shape index (κ1) is 11.3. The molecule has 0 atom stereocenters. The van der Waals surface area contributed by atoms with Crippen LogP contribution in [0.5, 0.6) is 0 Å². The van der Waals surface area contributed by atoms with Crippen LogP contribution in [-0.4, -0.2) is 6.54 Å². The third kappa shape index (κ3) is 3.85. The van der Waals surface area contributed by atoms with Gasteiger partial charge in [0.2, 0.25) is 0 Å². The number of nitrogens with two attached hydrogens (primary N) is 1. The molecule has 0 radical (unpaired) electrons. The van der Waals surface area contributed by atoms with Crippen LogP contribution >= 0.6 is 0 Å². The Bertz CT molecular complexity index is 378. The average Bonchev–Trinajstić information content (AvgIpc) is 2.29. The molecule has 2 N–H and O–H groups in total. The van der Waals surface area contributed by atoms with Crippen LogP contribution in [0.1, 0.15) is 17.5 Å². The molecule has 0 saturated heterocycles. The van der Waals surface area contributed by atoms with Crippen LogP contribution in [0.25, 0.3) is 16.5 Å². The number of azide groups is 1. The molecule has 4 heteroatoms. The first-order valence-electron chi connectivity index (χ1n) is 4.84. The third-order valence-corrected chi connectivity index (χ3v) is 2.03. The molecule has 4 nitrogen and oxygen atoms in total. The van der Waals surface area contributed by atoms with Crippen molar-refractivity contribution >= 4 is 6.08 Å². The summed E-state index contributed by atoms with van der Waals surface area (Å²) in [4.78, 5) is 2.69. The summed E-state index contributed by atoms with van der Waals surface area (Å²) in [5.41, 5.74) is 15.9. The van der Waals surface area contributed by atoms with Crippen molar-refractivity contribution in [2.75, 3.05) is 6.54 Å². The summed E-state index contributed by atoms with van der Waals surface area (Å²) in [5, 5.41) is 3.45. The highest BCUT2D eigenvalue weighted by atomic mass is 15.1. The van der Waals surface area contributed by atoms with Gasteiger partial charge in [-0.25, -0.2) is 0 Å². The highest BCUT2D eigenvalue weighted by Crippen LogP contribution is 2.10. The minimum absolute atomic E-state index is 0.498. The topological polar surface area (TPSA) is 74.8 Å². The lowest BCUT2D eigenvalue weighted by Gasteiger charge is -2.01. The molecule has 1 aromatic carbocycles. The van der Waals surface area contributed by atoms with Gasteiger partial charge in [0.1, 0.15) is 0 Å². The summed E-state index contributed by atoms with van der Waals surface area (Å²) in [7, 11) is 0. The molecule has 0 aliphatic heterocycles. The first-order valence-corrected chi connectivity index (χ1v) is 4.84. The number of nitrogens with zero attached hydrogens (tertiary/aromatic N) is 3. The van der Waals surface area contributed by atoms with Gasteiger partial charge in [0.25, 0.3) is 0 Å². The second-order valence-electron chi connectivity index (χ2n) is 3.05. The fraction of sp³-hybridized carbons (Fsp3) is 0.273. The van der Waals surface area contributed by atoms with Crippen molar-refractivity contribution in [1.29, 1.82) is 0 Å². The van der Waals surface area contributed by atoms with Gasteiger partial charge in [-0.05, 0) is 23.1 Å². The van der Waals surface area contributed by atoms with Crippen molar-refractivity contribution in [3.63, 3.8) is 0 Å². The van der Waals surface area contributed by atoms with E-state index in [9.17, 15) is 0 Å². The SMILES string of the molecule is [N-]=[N+]=NCCC=Cc1ccccc1CN. The van der Waals surface area contributed by atoms with Crippen LogP contribution in [0.3, 0.4) is 0 Å². The highest BCUT2D eigenvalue weighted by Gasteiger charge is 1.93. The van der Waals surface area contributed by atoms with Crippen LogP contribution in [0, 0.1) is 0 Å². The van der Waals surface area contributed by atoms with E-state index in [1.54, 1.807) is 0 Å². The van der Waals surface area contributed by atoms with Gasteiger partial charge < -0.3 is 5.73 Å². The quantitative estimate of drug-likeness (QED) is 0.339. The van der Waals surface area contributed by atoms with E-state index in [1.165, 1.54) is 0 Å². The summed E-state index contributed by atoms with van der Waals surface area (Å²) in [6.45, 7) is 1.04. The molecule has 0 spiro atoms. The van der Waals surface area contributed by atoms with Crippen molar-refractivity contribution in [2.45, 2.75) is 13.0 Å². The molecular formula is C11H14N4. The normalized spacial score (nSPS) is 10.2. The molecule has 0 unspecified atom stereocenters. The van der Waals surface area contributed by atoms with Crippen LogP contribution < -0.4 is 5.73 Å². The highest BCUT2D eigenvalue weighted by molar-refractivity contribution is 5.53. The predicted octanol–water partition coefficient (Wildman–Crippen LogP) is 2.86. The number of hydrogen-bond acceptors (Lipinski definition) is 2. The number of benzene rings is 1. The van der Waals surface area contributed by atoms with E-state index in [0.717, 1.165) is 17.5 Å². The maximum absolute atomic E-state index is 8.08. The zero-order valence-electron chi connectivity index (χ0n) is 8.50. The van der Waals surface area contributed by atoms with Gasteiger partial charge in [-0.3, -0.25) is 0 Å². The summed E-state index contributed by atoms with van der Waals surface area (Å²) >= 11 is 0. The lowest BCUT2D eigenvalue weighted by Crippen LogP contribution is -1.98. The Labute approximate surface area is 89.0 Å². The van der Waals surface area contributed by atoms with Crippen molar-refractivity contribution in [1.82, 2.24) is 0 Å². The molecule has 0 aromatic heterocycles. The Morgan fingerprint density at radius 2 is 2.20 bits per heavy atom. The van der Waals surface area contributed by atoms with E-state index < -0.39 is 0 Å². The number of rotatable bonds is 5. The summed E-state index contributed by atoms with van der Waals surface area (Å²) in [5.74, 6) is 0. The maximum Gasteiger partial charge on any atom is 0.0292 e. The molecule has 78 valence electrons. The molecule has 0 fully saturated rings. The molecule has 15 heavy (non-hydrogen) atoms. The Morgan fingerprint density at radius 1 is 1.40 bits per heavy atom. The van der Waals surface area contributed by atoms with Gasteiger partial charge in [0.05, 0.1) is 0 Å². The van der Waals surface area contributed by atoms with Gasteiger partial charge in [-0.2, -0.15) is 0 Å². The summed E-state index contributed by atoms with van der Waals surface area (Å²) in [6, 6.07) is 7.98. The zero-order chi connectivity index (χ0) is 10.9. The van der Waals surface area contributed by atoms with Gasteiger partial charge in [-0.1, -0.05) is 41.5 Å². The Kier molecular flexibility index (Phi) is 5.01. The molecule has 1 rings (SSSR count). The molecular weight excluding hydrogens is 188 g/mol. The van der Waals surface area contributed by atoms with Gasteiger partial charge in [0, 0.05) is 18.0 Å². The Hall–Kier alpha value is -1.77. The van der Waals surface area contributed by atoms with Crippen molar-refractivity contribution in [2.24, 2.45) is 10.8 Å². The molecule has 0 saturated carbocycles. The Balaban J connectivity index is 2.59. The fourth-order valence-electron chi connectivity index (χ4n) is 1.27. The lowest BCUT2D eigenvalue weighted by molar-refractivity contribution is 0.995. The van der Waals surface area contributed by atoms with E-state index in [1.807, 2.05) is 36.4 Å². The van der Waals surface area contributed by atoms with E-state index >= 15 is 0 Å². The van der Waals surface area contributed by atoms with Crippen molar-refractivity contribution in [3.8, 4) is 0 Å². The first-order chi connectivity index (χ1) is 7.38. The zero-order valence-corrected chi connectivity index (χ0v) is 8.50. The predicted molar refractivity (Wildman–Crippen MR) is 62.0 cm³/mol.